The molecule has 0 N–H and O–H groups in total. The second-order valence-corrected chi connectivity index (χ2v) is 12.8. The number of hydrogen-bond donors (Lipinski definition) is 0. The number of thiazole rings is 1. The van der Waals surface area contributed by atoms with E-state index < -0.39 is 12.0 Å². The van der Waals surface area contributed by atoms with E-state index in [1.54, 1.807) is 32.4 Å². The van der Waals surface area contributed by atoms with Crippen molar-refractivity contribution in [2.45, 2.75) is 52.7 Å². The molecule has 3 aromatic carbocycles. The van der Waals surface area contributed by atoms with E-state index in [9.17, 15) is 9.59 Å². The number of allylic oxidation sites excluding steroid dienone is 1. The molecule has 6 rings (SSSR count). The van der Waals surface area contributed by atoms with E-state index in [0.29, 0.717) is 38.7 Å². The number of unbranched alkanes of at least 4 members (excludes halogenated alkanes) is 1. The molecule has 0 spiro atoms. The van der Waals surface area contributed by atoms with E-state index in [0.717, 1.165) is 41.0 Å². The standard InChI is InChI=1S/C38H38N4O5S/c1-6-7-21-46-31-19-13-26(14-20-31)34-28(23-41(40-34)29-11-9-8-10-12-29)22-32-36(43)42-35(27-15-17-30(45-5)18-16-27)33(37(44)47-24(2)3)25(4)39-38(42)48-32/h8-20,22-24,35H,6-7,21H2,1-5H3/b32-22-/t35-/m0/s1. The molecular formula is C38H38N4O5S. The molecule has 0 radical (unpaired) electrons. The van der Waals surface area contributed by atoms with Crippen LogP contribution in [0.4, 0.5) is 0 Å². The number of methoxy groups -OCH3 is 1. The molecule has 3 heterocycles. The number of esters is 1. The minimum atomic E-state index is -0.729. The number of rotatable bonds is 11. The molecule has 0 fully saturated rings. The summed E-state index contributed by atoms with van der Waals surface area (Å²) in [6, 6.07) is 24.3. The maximum Gasteiger partial charge on any atom is 0.338 e. The normalized spacial score (nSPS) is 14.5. The molecule has 5 aromatic rings. The van der Waals surface area contributed by atoms with Gasteiger partial charge in [0, 0.05) is 17.3 Å². The molecule has 0 saturated heterocycles. The van der Waals surface area contributed by atoms with Gasteiger partial charge in [0.05, 0.1) is 47.4 Å². The zero-order valence-electron chi connectivity index (χ0n) is 27.7. The fraction of sp³-hybridized carbons (Fsp3) is 0.263. The minimum Gasteiger partial charge on any atom is -0.497 e. The Morgan fingerprint density at radius 2 is 1.71 bits per heavy atom. The summed E-state index contributed by atoms with van der Waals surface area (Å²) in [5, 5.41) is 4.95. The molecule has 246 valence electrons. The molecule has 0 saturated carbocycles. The number of aromatic nitrogens is 3. The maximum atomic E-state index is 14.4. The summed E-state index contributed by atoms with van der Waals surface area (Å²) in [6.07, 6.45) is 5.49. The van der Waals surface area contributed by atoms with Gasteiger partial charge in [-0.2, -0.15) is 5.10 Å². The minimum absolute atomic E-state index is 0.264. The van der Waals surface area contributed by atoms with Crippen LogP contribution in [-0.4, -0.2) is 40.1 Å². The zero-order chi connectivity index (χ0) is 33.8. The van der Waals surface area contributed by atoms with Gasteiger partial charge in [-0.3, -0.25) is 9.36 Å². The molecule has 0 bridgehead atoms. The Hall–Kier alpha value is -5.22. The van der Waals surface area contributed by atoms with Gasteiger partial charge < -0.3 is 14.2 Å². The van der Waals surface area contributed by atoms with Gasteiger partial charge in [-0.15, -0.1) is 0 Å². The molecule has 0 aliphatic carbocycles. The van der Waals surface area contributed by atoms with Gasteiger partial charge in [-0.25, -0.2) is 14.5 Å². The van der Waals surface area contributed by atoms with Crippen molar-refractivity contribution in [2.75, 3.05) is 13.7 Å². The van der Waals surface area contributed by atoms with Crippen LogP contribution in [0.3, 0.4) is 0 Å². The molecule has 48 heavy (non-hydrogen) atoms. The van der Waals surface area contributed by atoms with Crippen molar-refractivity contribution in [1.29, 1.82) is 0 Å². The van der Waals surface area contributed by atoms with Crippen LogP contribution in [-0.2, 0) is 9.53 Å². The highest BCUT2D eigenvalue weighted by Gasteiger charge is 2.34. The molecule has 1 atom stereocenters. The van der Waals surface area contributed by atoms with Gasteiger partial charge >= 0.3 is 5.97 Å². The van der Waals surface area contributed by atoms with Crippen molar-refractivity contribution >= 4 is 23.4 Å². The van der Waals surface area contributed by atoms with Crippen molar-refractivity contribution in [3.8, 4) is 28.4 Å². The fourth-order valence-electron chi connectivity index (χ4n) is 5.58. The molecule has 1 aliphatic rings. The largest absolute Gasteiger partial charge is 0.497 e. The predicted octanol–water partition coefficient (Wildman–Crippen LogP) is 6.23. The lowest BCUT2D eigenvalue weighted by Gasteiger charge is -2.25. The average molecular weight is 663 g/mol. The number of carbonyl (C=O) groups is 1. The zero-order valence-corrected chi connectivity index (χ0v) is 28.5. The SMILES string of the molecule is CCCCOc1ccc(-c2nn(-c3ccccc3)cc2/C=c2\sc3n(c2=O)[C@@H](c2ccc(OC)cc2)C(C(=O)OC(C)C)=C(C)N=3)cc1. The topological polar surface area (TPSA) is 96.9 Å². The van der Waals surface area contributed by atoms with Crippen LogP contribution in [0.1, 0.15) is 57.7 Å². The lowest BCUT2D eigenvalue weighted by Crippen LogP contribution is -2.40. The molecular weight excluding hydrogens is 625 g/mol. The van der Waals surface area contributed by atoms with Crippen molar-refractivity contribution < 1.29 is 19.0 Å². The Morgan fingerprint density at radius 1 is 1.00 bits per heavy atom. The summed E-state index contributed by atoms with van der Waals surface area (Å²) in [7, 11) is 1.59. The third-order valence-corrected chi connectivity index (χ3v) is 8.94. The third-order valence-electron chi connectivity index (χ3n) is 7.96. The lowest BCUT2D eigenvalue weighted by molar-refractivity contribution is -0.143. The summed E-state index contributed by atoms with van der Waals surface area (Å²) >= 11 is 1.28. The lowest BCUT2D eigenvalue weighted by atomic mass is 9.96. The number of para-hydroxylation sites is 1. The summed E-state index contributed by atoms with van der Waals surface area (Å²) in [6.45, 7) is 8.17. The van der Waals surface area contributed by atoms with Crippen LogP contribution in [0.25, 0.3) is 23.0 Å². The fourth-order valence-corrected chi connectivity index (χ4v) is 6.61. The first-order valence-electron chi connectivity index (χ1n) is 16.0. The highest BCUT2D eigenvalue weighted by atomic mass is 32.1. The van der Waals surface area contributed by atoms with E-state index in [1.165, 1.54) is 11.3 Å². The summed E-state index contributed by atoms with van der Waals surface area (Å²) in [4.78, 5) is 33.1. The van der Waals surface area contributed by atoms with Crippen molar-refractivity contribution in [1.82, 2.24) is 14.3 Å². The molecule has 0 amide bonds. The number of carbonyl (C=O) groups excluding carboxylic acids is 1. The number of fused-ring (bicyclic) bond motifs is 1. The summed E-state index contributed by atoms with van der Waals surface area (Å²) < 4.78 is 20.8. The smallest absolute Gasteiger partial charge is 0.338 e. The Bertz CT molecular complexity index is 2130. The van der Waals surface area contributed by atoms with Gasteiger partial charge in [0.25, 0.3) is 5.56 Å². The summed E-state index contributed by atoms with van der Waals surface area (Å²) in [5.41, 5.74) is 4.57. The number of nitrogens with zero attached hydrogens (tertiary/aromatic N) is 4. The van der Waals surface area contributed by atoms with Gasteiger partial charge in [-0.1, -0.05) is 55.0 Å². The molecule has 10 heteroatoms. The first-order chi connectivity index (χ1) is 23.3. The highest BCUT2D eigenvalue weighted by molar-refractivity contribution is 7.07. The van der Waals surface area contributed by atoms with E-state index in [2.05, 4.69) is 6.92 Å². The monoisotopic (exact) mass is 662 g/mol. The quantitative estimate of drug-likeness (QED) is 0.123. The average Bonchev–Trinajstić information content (AvgIpc) is 3.65. The Morgan fingerprint density at radius 3 is 2.38 bits per heavy atom. The van der Waals surface area contributed by atoms with Gasteiger partial charge in [0.1, 0.15) is 17.2 Å². The van der Waals surface area contributed by atoms with Crippen LogP contribution in [0.15, 0.2) is 106 Å². The van der Waals surface area contributed by atoms with E-state index in [-0.39, 0.29) is 11.7 Å². The Balaban J connectivity index is 1.49. The first kappa shape index (κ1) is 32.7. The van der Waals surface area contributed by atoms with Crippen molar-refractivity contribution in [2.24, 2.45) is 4.99 Å². The second-order valence-electron chi connectivity index (χ2n) is 11.7. The maximum absolute atomic E-state index is 14.4. The van der Waals surface area contributed by atoms with Crippen LogP contribution >= 0.6 is 11.3 Å². The third kappa shape index (κ3) is 6.75. The summed E-state index contributed by atoms with van der Waals surface area (Å²) in [5.74, 6) is 0.960. The van der Waals surface area contributed by atoms with Crippen LogP contribution in [0.5, 0.6) is 11.5 Å². The van der Waals surface area contributed by atoms with Gasteiger partial charge in [0.15, 0.2) is 4.80 Å². The van der Waals surface area contributed by atoms with E-state index in [4.69, 9.17) is 24.3 Å². The first-order valence-corrected chi connectivity index (χ1v) is 16.8. The number of hydrogen-bond acceptors (Lipinski definition) is 8. The van der Waals surface area contributed by atoms with E-state index >= 15 is 0 Å². The van der Waals surface area contributed by atoms with Crippen molar-refractivity contribution in [3.05, 3.63) is 127 Å². The highest BCUT2D eigenvalue weighted by Crippen LogP contribution is 2.32. The van der Waals surface area contributed by atoms with Crippen LogP contribution < -0.4 is 24.4 Å². The molecule has 1 aliphatic heterocycles. The predicted molar refractivity (Wildman–Crippen MR) is 187 cm³/mol. The molecule has 9 nitrogen and oxygen atoms in total. The Kier molecular flexibility index (Phi) is 9.72. The molecule has 2 aromatic heterocycles. The van der Waals surface area contributed by atoms with Crippen molar-refractivity contribution in [3.63, 3.8) is 0 Å². The Labute approximate surface area is 283 Å². The van der Waals surface area contributed by atoms with Gasteiger partial charge in [0.2, 0.25) is 0 Å². The van der Waals surface area contributed by atoms with Crippen LogP contribution in [0, 0.1) is 0 Å². The van der Waals surface area contributed by atoms with E-state index in [1.807, 2.05) is 95.8 Å². The van der Waals surface area contributed by atoms with Gasteiger partial charge in [-0.05, 0) is 87.4 Å². The van der Waals surface area contributed by atoms with Crippen LogP contribution in [0.2, 0.25) is 0 Å². The molecule has 0 unspecified atom stereocenters. The second kappa shape index (κ2) is 14.3. The number of ether oxygens (including phenoxy) is 3. The number of benzene rings is 3.